The first kappa shape index (κ1) is 12.6. The van der Waals surface area contributed by atoms with Crippen molar-refractivity contribution in [1.29, 1.82) is 0 Å². The van der Waals surface area contributed by atoms with Crippen LogP contribution in [0.4, 0.5) is 4.39 Å². The molecule has 2 rings (SSSR count). The molecule has 0 aromatic heterocycles. The quantitative estimate of drug-likeness (QED) is 0.787. The van der Waals surface area contributed by atoms with E-state index in [1.165, 1.54) is 17.7 Å². The summed E-state index contributed by atoms with van der Waals surface area (Å²) in [5.74, 6) is 0.637. The Balaban J connectivity index is 2.37. The SMILES string of the molecule is COc1ccc(C(C)(C)c2ccc(F)cc2)cc1. The van der Waals surface area contributed by atoms with Crippen LogP contribution in [0, 0.1) is 5.82 Å². The molecule has 0 radical (unpaired) electrons. The van der Waals surface area contributed by atoms with Gasteiger partial charge in [-0.3, -0.25) is 0 Å². The van der Waals surface area contributed by atoms with E-state index in [4.69, 9.17) is 4.74 Å². The fraction of sp³-hybridized carbons (Fsp3) is 0.250. The molecule has 18 heavy (non-hydrogen) atoms. The third kappa shape index (κ3) is 2.37. The summed E-state index contributed by atoms with van der Waals surface area (Å²) in [6.07, 6.45) is 0. The van der Waals surface area contributed by atoms with Gasteiger partial charge in [-0.15, -0.1) is 0 Å². The molecule has 0 amide bonds. The monoisotopic (exact) mass is 244 g/mol. The van der Waals surface area contributed by atoms with Crippen LogP contribution in [0.5, 0.6) is 5.75 Å². The van der Waals surface area contributed by atoms with E-state index in [-0.39, 0.29) is 11.2 Å². The van der Waals surface area contributed by atoms with Crippen LogP contribution in [0.2, 0.25) is 0 Å². The van der Waals surface area contributed by atoms with Crippen LogP contribution in [0.15, 0.2) is 48.5 Å². The molecule has 2 heteroatoms. The number of hydrogen-bond acceptors (Lipinski definition) is 1. The smallest absolute Gasteiger partial charge is 0.123 e. The molecule has 0 aliphatic heterocycles. The Morgan fingerprint density at radius 3 is 1.72 bits per heavy atom. The predicted octanol–water partition coefficient (Wildman–Crippen LogP) is 4.16. The average molecular weight is 244 g/mol. The van der Waals surface area contributed by atoms with Crippen LogP contribution in [0.3, 0.4) is 0 Å². The minimum atomic E-state index is -0.204. The number of halogens is 1. The van der Waals surface area contributed by atoms with Crippen molar-refractivity contribution < 1.29 is 9.13 Å². The highest BCUT2D eigenvalue weighted by molar-refractivity contribution is 5.39. The lowest BCUT2D eigenvalue weighted by Gasteiger charge is -2.26. The van der Waals surface area contributed by atoms with Gasteiger partial charge in [-0.05, 0) is 35.4 Å². The topological polar surface area (TPSA) is 9.23 Å². The molecule has 0 bridgehead atoms. The summed E-state index contributed by atoms with van der Waals surface area (Å²) in [4.78, 5) is 0. The van der Waals surface area contributed by atoms with Crippen molar-refractivity contribution in [3.63, 3.8) is 0 Å². The van der Waals surface area contributed by atoms with Gasteiger partial charge in [0.15, 0.2) is 0 Å². The first-order chi connectivity index (χ1) is 8.54. The lowest BCUT2D eigenvalue weighted by Crippen LogP contribution is -2.18. The van der Waals surface area contributed by atoms with Gasteiger partial charge in [0.1, 0.15) is 11.6 Å². The number of rotatable bonds is 3. The lowest BCUT2D eigenvalue weighted by molar-refractivity contribution is 0.414. The second-order valence-electron chi connectivity index (χ2n) is 4.86. The van der Waals surface area contributed by atoms with Crippen LogP contribution >= 0.6 is 0 Å². The largest absolute Gasteiger partial charge is 0.497 e. The standard InChI is InChI=1S/C16H17FO/c1-16(2,12-4-8-14(17)9-5-12)13-6-10-15(18-3)11-7-13/h4-11H,1-3H3. The number of hydrogen-bond donors (Lipinski definition) is 0. The maximum Gasteiger partial charge on any atom is 0.123 e. The Labute approximate surface area is 107 Å². The van der Waals surface area contributed by atoms with Gasteiger partial charge in [-0.2, -0.15) is 0 Å². The fourth-order valence-corrected chi connectivity index (χ4v) is 2.04. The minimum Gasteiger partial charge on any atom is -0.497 e. The van der Waals surface area contributed by atoms with Gasteiger partial charge >= 0.3 is 0 Å². The van der Waals surface area contributed by atoms with Crippen molar-refractivity contribution in [1.82, 2.24) is 0 Å². The van der Waals surface area contributed by atoms with Gasteiger partial charge in [0.05, 0.1) is 7.11 Å². The molecule has 0 spiro atoms. The zero-order valence-electron chi connectivity index (χ0n) is 10.9. The molecule has 0 aliphatic rings. The molecule has 0 atom stereocenters. The van der Waals surface area contributed by atoms with E-state index < -0.39 is 0 Å². The van der Waals surface area contributed by atoms with Crippen molar-refractivity contribution in [2.24, 2.45) is 0 Å². The third-order valence-corrected chi connectivity index (χ3v) is 3.38. The minimum absolute atomic E-state index is 0.153. The first-order valence-electron chi connectivity index (χ1n) is 5.94. The van der Waals surface area contributed by atoms with Crippen LogP contribution in [-0.4, -0.2) is 7.11 Å². The van der Waals surface area contributed by atoms with Gasteiger partial charge in [-0.1, -0.05) is 38.1 Å². The Kier molecular flexibility index (Phi) is 3.37. The second kappa shape index (κ2) is 4.81. The summed E-state index contributed by atoms with van der Waals surface area (Å²) in [7, 11) is 1.65. The number of ether oxygens (including phenoxy) is 1. The van der Waals surface area contributed by atoms with Gasteiger partial charge in [-0.25, -0.2) is 4.39 Å². The van der Waals surface area contributed by atoms with Crippen LogP contribution in [-0.2, 0) is 5.41 Å². The van der Waals surface area contributed by atoms with E-state index in [2.05, 4.69) is 13.8 Å². The molecule has 0 N–H and O–H groups in total. The highest BCUT2D eigenvalue weighted by Gasteiger charge is 2.22. The van der Waals surface area contributed by atoms with Gasteiger partial charge in [0.25, 0.3) is 0 Å². The molecule has 2 aromatic carbocycles. The van der Waals surface area contributed by atoms with Crippen molar-refractivity contribution in [3.05, 3.63) is 65.5 Å². The third-order valence-electron chi connectivity index (χ3n) is 3.38. The van der Waals surface area contributed by atoms with E-state index in [1.807, 2.05) is 36.4 Å². The molecule has 1 nitrogen and oxygen atoms in total. The highest BCUT2D eigenvalue weighted by Crippen LogP contribution is 2.32. The number of benzene rings is 2. The summed E-state index contributed by atoms with van der Waals surface area (Å²) in [6, 6.07) is 14.6. The molecular formula is C16H17FO. The van der Waals surface area contributed by atoms with E-state index in [1.54, 1.807) is 7.11 Å². The average Bonchev–Trinajstić information content (AvgIpc) is 2.39. The lowest BCUT2D eigenvalue weighted by atomic mass is 9.78. The molecule has 0 unspecified atom stereocenters. The first-order valence-corrected chi connectivity index (χ1v) is 5.94. The normalized spacial score (nSPS) is 11.3. The van der Waals surface area contributed by atoms with Crippen molar-refractivity contribution in [3.8, 4) is 5.75 Å². The molecule has 0 heterocycles. The van der Waals surface area contributed by atoms with Crippen molar-refractivity contribution in [2.45, 2.75) is 19.3 Å². The maximum atomic E-state index is 13.0. The Morgan fingerprint density at radius 2 is 1.28 bits per heavy atom. The molecule has 2 aromatic rings. The van der Waals surface area contributed by atoms with Crippen molar-refractivity contribution in [2.75, 3.05) is 7.11 Å². The zero-order valence-corrected chi connectivity index (χ0v) is 10.9. The molecule has 0 saturated heterocycles. The summed E-state index contributed by atoms with van der Waals surface area (Å²) < 4.78 is 18.1. The fourth-order valence-electron chi connectivity index (χ4n) is 2.04. The van der Waals surface area contributed by atoms with E-state index in [0.717, 1.165) is 11.3 Å². The van der Waals surface area contributed by atoms with Gasteiger partial charge in [0.2, 0.25) is 0 Å². The highest BCUT2D eigenvalue weighted by atomic mass is 19.1. The Hall–Kier alpha value is -1.83. The molecule has 0 aliphatic carbocycles. The van der Waals surface area contributed by atoms with Crippen LogP contribution in [0.25, 0.3) is 0 Å². The molecular weight excluding hydrogens is 227 g/mol. The summed E-state index contributed by atoms with van der Waals surface area (Å²) in [6.45, 7) is 4.25. The molecule has 0 saturated carbocycles. The summed E-state index contributed by atoms with van der Waals surface area (Å²) in [5.41, 5.74) is 2.11. The number of methoxy groups -OCH3 is 1. The van der Waals surface area contributed by atoms with Crippen LogP contribution < -0.4 is 4.74 Å². The van der Waals surface area contributed by atoms with E-state index in [0.29, 0.717) is 0 Å². The second-order valence-corrected chi connectivity index (χ2v) is 4.86. The molecule has 0 fully saturated rings. The maximum absolute atomic E-state index is 13.0. The van der Waals surface area contributed by atoms with Gasteiger partial charge < -0.3 is 4.74 Å². The predicted molar refractivity (Wildman–Crippen MR) is 71.5 cm³/mol. The van der Waals surface area contributed by atoms with Crippen LogP contribution in [0.1, 0.15) is 25.0 Å². The zero-order chi connectivity index (χ0) is 13.2. The van der Waals surface area contributed by atoms with Crippen molar-refractivity contribution >= 4 is 0 Å². The van der Waals surface area contributed by atoms with E-state index in [9.17, 15) is 4.39 Å². The van der Waals surface area contributed by atoms with E-state index >= 15 is 0 Å². The molecule has 94 valence electrons. The summed E-state index contributed by atoms with van der Waals surface area (Å²) >= 11 is 0. The Morgan fingerprint density at radius 1 is 0.833 bits per heavy atom. The van der Waals surface area contributed by atoms with Gasteiger partial charge in [0, 0.05) is 5.41 Å². The Bertz CT molecular complexity index is 512. The summed E-state index contributed by atoms with van der Waals surface area (Å²) in [5, 5.41) is 0.